The third kappa shape index (κ3) is 5.94. The molecule has 1 aromatic carbocycles. The van der Waals surface area contributed by atoms with Crippen LogP contribution >= 0.6 is 0 Å². The summed E-state index contributed by atoms with van der Waals surface area (Å²) in [5.74, 6) is 2.17. The molecule has 1 unspecified atom stereocenters. The molecule has 1 atom stereocenters. The standard InChI is InChI=1S/C17H29NO3/c1-6-18-15(12-21-10-9-13(2)3)14-7-8-16(19-4)17(11-14)20-5/h7-8,11,13,15,18H,6,9-10,12H2,1-5H3. The summed E-state index contributed by atoms with van der Waals surface area (Å²) in [5, 5.41) is 3.45. The van der Waals surface area contributed by atoms with E-state index in [1.54, 1.807) is 14.2 Å². The second-order valence-electron chi connectivity index (χ2n) is 5.48. The monoisotopic (exact) mass is 295 g/mol. The van der Waals surface area contributed by atoms with Gasteiger partial charge < -0.3 is 19.5 Å². The van der Waals surface area contributed by atoms with E-state index in [0.717, 1.165) is 36.6 Å². The van der Waals surface area contributed by atoms with Crippen LogP contribution in [-0.4, -0.2) is 34.0 Å². The van der Waals surface area contributed by atoms with Crippen LogP contribution < -0.4 is 14.8 Å². The summed E-state index contributed by atoms with van der Waals surface area (Å²) in [4.78, 5) is 0. The van der Waals surface area contributed by atoms with Crippen LogP contribution in [0.25, 0.3) is 0 Å². The molecule has 0 aliphatic carbocycles. The zero-order valence-electron chi connectivity index (χ0n) is 13.9. The zero-order chi connectivity index (χ0) is 15.7. The molecule has 1 rings (SSSR count). The zero-order valence-corrected chi connectivity index (χ0v) is 13.9. The Balaban J connectivity index is 2.70. The van der Waals surface area contributed by atoms with Crippen LogP contribution in [0.2, 0.25) is 0 Å². The van der Waals surface area contributed by atoms with Crippen LogP contribution in [0.5, 0.6) is 11.5 Å². The minimum Gasteiger partial charge on any atom is -0.493 e. The van der Waals surface area contributed by atoms with E-state index in [2.05, 4.69) is 32.2 Å². The number of ether oxygens (including phenoxy) is 3. The van der Waals surface area contributed by atoms with Gasteiger partial charge >= 0.3 is 0 Å². The SMILES string of the molecule is CCNC(COCCC(C)C)c1ccc(OC)c(OC)c1. The first-order valence-electron chi connectivity index (χ1n) is 7.65. The van der Waals surface area contributed by atoms with Crippen molar-refractivity contribution < 1.29 is 14.2 Å². The molecule has 0 aliphatic rings. The first kappa shape index (κ1) is 17.8. The molecule has 0 aliphatic heterocycles. The lowest BCUT2D eigenvalue weighted by Gasteiger charge is -2.20. The summed E-state index contributed by atoms with van der Waals surface area (Å²) < 4.78 is 16.5. The van der Waals surface area contributed by atoms with Crippen LogP contribution in [0, 0.1) is 5.92 Å². The Kier molecular flexibility index (Phi) is 8.16. The lowest BCUT2D eigenvalue weighted by Crippen LogP contribution is -2.25. The molecular weight excluding hydrogens is 266 g/mol. The molecule has 0 heterocycles. The van der Waals surface area contributed by atoms with E-state index < -0.39 is 0 Å². The van der Waals surface area contributed by atoms with Gasteiger partial charge in [-0.1, -0.05) is 26.8 Å². The van der Waals surface area contributed by atoms with Gasteiger partial charge in [-0.25, -0.2) is 0 Å². The van der Waals surface area contributed by atoms with Crippen molar-refractivity contribution in [1.82, 2.24) is 5.32 Å². The van der Waals surface area contributed by atoms with Crippen LogP contribution in [0.1, 0.15) is 38.8 Å². The maximum atomic E-state index is 5.81. The molecule has 0 saturated heterocycles. The van der Waals surface area contributed by atoms with Crippen molar-refractivity contribution in [3.05, 3.63) is 23.8 Å². The van der Waals surface area contributed by atoms with E-state index in [9.17, 15) is 0 Å². The van der Waals surface area contributed by atoms with Gasteiger partial charge in [0.15, 0.2) is 11.5 Å². The minimum absolute atomic E-state index is 0.168. The third-order valence-electron chi connectivity index (χ3n) is 3.38. The Hall–Kier alpha value is -1.26. The normalized spacial score (nSPS) is 12.5. The number of rotatable bonds is 10. The highest BCUT2D eigenvalue weighted by Gasteiger charge is 2.14. The number of hydrogen-bond acceptors (Lipinski definition) is 4. The van der Waals surface area contributed by atoms with Gasteiger partial charge in [-0.3, -0.25) is 0 Å². The Morgan fingerprint density at radius 3 is 2.38 bits per heavy atom. The molecular formula is C17H29NO3. The fraction of sp³-hybridized carbons (Fsp3) is 0.647. The number of likely N-dealkylation sites (N-methyl/N-ethyl adjacent to an activating group) is 1. The molecule has 4 nitrogen and oxygen atoms in total. The Bertz CT molecular complexity index is 407. The fourth-order valence-electron chi connectivity index (χ4n) is 2.11. The summed E-state index contributed by atoms with van der Waals surface area (Å²) in [6, 6.07) is 6.17. The first-order valence-corrected chi connectivity index (χ1v) is 7.65. The predicted molar refractivity (Wildman–Crippen MR) is 86.2 cm³/mol. The predicted octanol–water partition coefficient (Wildman–Crippen LogP) is 3.42. The van der Waals surface area contributed by atoms with Crippen molar-refractivity contribution in [1.29, 1.82) is 0 Å². The van der Waals surface area contributed by atoms with Crippen molar-refractivity contribution >= 4 is 0 Å². The molecule has 4 heteroatoms. The van der Waals surface area contributed by atoms with E-state index in [-0.39, 0.29) is 6.04 Å². The highest BCUT2D eigenvalue weighted by molar-refractivity contribution is 5.43. The quantitative estimate of drug-likeness (QED) is 0.671. The summed E-state index contributed by atoms with van der Waals surface area (Å²) in [6.45, 7) is 8.87. The lowest BCUT2D eigenvalue weighted by atomic mass is 10.1. The molecule has 1 N–H and O–H groups in total. The van der Waals surface area contributed by atoms with Gasteiger partial charge in [0, 0.05) is 6.61 Å². The molecule has 0 aromatic heterocycles. The molecule has 0 spiro atoms. The van der Waals surface area contributed by atoms with Crippen LogP contribution in [0.3, 0.4) is 0 Å². The number of nitrogens with one attached hydrogen (secondary N) is 1. The van der Waals surface area contributed by atoms with Crippen LogP contribution in [0.15, 0.2) is 18.2 Å². The van der Waals surface area contributed by atoms with Gasteiger partial charge in [-0.2, -0.15) is 0 Å². The highest BCUT2D eigenvalue weighted by atomic mass is 16.5. The summed E-state index contributed by atoms with van der Waals surface area (Å²) in [6.07, 6.45) is 1.09. The van der Waals surface area contributed by atoms with Crippen LogP contribution in [0.4, 0.5) is 0 Å². The molecule has 0 amide bonds. The van der Waals surface area contributed by atoms with E-state index >= 15 is 0 Å². The van der Waals surface area contributed by atoms with Gasteiger partial charge in [0.25, 0.3) is 0 Å². The van der Waals surface area contributed by atoms with Crippen molar-refractivity contribution in [2.45, 2.75) is 33.2 Å². The van der Waals surface area contributed by atoms with E-state index in [4.69, 9.17) is 14.2 Å². The van der Waals surface area contributed by atoms with Crippen molar-refractivity contribution in [2.75, 3.05) is 34.0 Å². The molecule has 120 valence electrons. The van der Waals surface area contributed by atoms with Gasteiger partial charge in [0.2, 0.25) is 0 Å². The molecule has 0 bridgehead atoms. The first-order chi connectivity index (χ1) is 10.1. The summed E-state index contributed by atoms with van der Waals surface area (Å²) >= 11 is 0. The topological polar surface area (TPSA) is 39.7 Å². The van der Waals surface area contributed by atoms with Crippen molar-refractivity contribution in [3.8, 4) is 11.5 Å². The largest absolute Gasteiger partial charge is 0.493 e. The fourth-order valence-corrected chi connectivity index (χ4v) is 2.11. The van der Waals surface area contributed by atoms with Gasteiger partial charge in [-0.15, -0.1) is 0 Å². The lowest BCUT2D eigenvalue weighted by molar-refractivity contribution is 0.103. The minimum atomic E-state index is 0.168. The number of benzene rings is 1. The number of hydrogen-bond donors (Lipinski definition) is 1. The number of methoxy groups -OCH3 is 2. The summed E-state index contributed by atoms with van der Waals surface area (Å²) in [7, 11) is 3.30. The van der Waals surface area contributed by atoms with Crippen LogP contribution in [-0.2, 0) is 4.74 Å². The van der Waals surface area contributed by atoms with Crippen molar-refractivity contribution in [2.24, 2.45) is 5.92 Å². The Labute approximate surface area is 128 Å². The smallest absolute Gasteiger partial charge is 0.161 e. The van der Waals surface area contributed by atoms with Gasteiger partial charge in [-0.05, 0) is 36.6 Å². The van der Waals surface area contributed by atoms with E-state index in [1.807, 2.05) is 12.1 Å². The second-order valence-corrected chi connectivity index (χ2v) is 5.48. The Morgan fingerprint density at radius 1 is 1.10 bits per heavy atom. The van der Waals surface area contributed by atoms with Gasteiger partial charge in [0.1, 0.15) is 0 Å². The van der Waals surface area contributed by atoms with Gasteiger partial charge in [0.05, 0.1) is 26.9 Å². The third-order valence-corrected chi connectivity index (χ3v) is 3.38. The maximum Gasteiger partial charge on any atom is 0.161 e. The molecule has 1 aromatic rings. The molecule has 0 fully saturated rings. The molecule has 21 heavy (non-hydrogen) atoms. The second kappa shape index (κ2) is 9.64. The average molecular weight is 295 g/mol. The molecule has 0 radical (unpaired) electrons. The maximum absolute atomic E-state index is 5.81. The summed E-state index contributed by atoms with van der Waals surface area (Å²) in [5.41, 5.74) is 1.15. The molecule has 0 saturated carbocycles. The van der Waals surface area contributed by atoms with Crippen molar-refractivity contribution in [3.63, 3.8) is 0 Å². The van der Waals surface area contributed by atoms with E-state index in [1.165, 1.54) is 0 Å². The highest BCUT2D eigenvalue weighted by Crippen LogP contribution is 2.30. The average Bonchev–Trinajstić information content (AvgIpc) is 2.49. The Morgan fingerprint density at radius 2 is 1.81 bits per heavy atom. The van der Waals surface area contributed by atoms with E-state index in [0.29, 0.717) is 12.5 Å².